The van der Waals surface area contributed by atoms with E-state index in [-0.39, 0.29) is 17.0 Å². The first-order valence-corrected chi connectivity index (χ1v) is 7.29. The fourth-order valence-corrected chi connectivity index (χ4v) is 2.27. The van der Waals surface area contributed by atoms with Crippen molar-refractivity contribution in [2.75, 3.05) is 7.11 Å². The number of halogens is 2. The number of rotatable bonds is 5. The Morgan fingerprint density at radius 1 is 1.29 bits per heavy atom. The van der Waals surface area contributed by atoms with Crippen molar-refractivity contribution in [3.63, 3.8) is 0 Å². The van der Waals surface area contributed by atoms with Crippen LogP contribution in [0.5, 0.6) is 5.75 Å². The molecule has 24 heavy (non-hydrogen) atoms. The van der Waals surface area contributed by atoms with Crippen LogP contribution in [-0.4, -0.2) is 24.2 Å². The van der Waals surface area contributed by atoms with Crippen LogP contribution in [0, 0.1) is 10.1 Å². The first kappa shape index (κ1) is 17.7. The highest BCUT2D eigenvalue weighted by atomic mass is 35.5. The zero-order valence-electron chi connectivity index (χ0n) is 12.3. The summed E-state index contributed by atoms with van der Waals surface area (Å²) in [7, 11) is 1.36. The van der Waals surface area contributed by atoms with Crippen molar-refractivity contribution in [2.45, 2.75) is 0 Å². The molecule has 0 radical (unpaired) electrons. The van der Waals surface area contributed by atoms with E-state index < -0.39 is 10.8 Å². The van der Waals surface area contributed by atoms with E-state index in [9.17, 15) is 14.9 Å². The summed E-state index contributed by atoms with van der Waals surface area (Å²) in [6.45, 7) is 0. The molecule has 7 nitrogen and oxygen atoms in total. The number of nitrogens with one attached hydrogen (secondary N) is 1. The largest absolute Gasteiger partial charge is 0.496 e. The Hall–Kier alpha value is -2.64. The smallest absolute Gasteiger partial charge is 0.275 e. The van der Waals surface area contributed by atoms with E-state index in [4.69, 9.17) is 27.9 Å². The summed E-state index contributed by atoms with van der Waals surface area (Å²) in [5.41, 5.74) is 2.58. The van der Waals surface area contributed by atoms with Crippen molar-refractivity contribution in [1.82, 2.24) is 5.43 Å². The molecule has 0 aromatic heterocycles. The Morgan fingerprint density at radius 2 is 2.04 bits per heavy atom. The molecule has 9 heteroatoms. The van der Waals surface area contributed by atoms with Crippen LogP contribution < -0.4 is 10.2 Å². The maximum absolute atomic E-state index is 12.1. The Balaban J connectivity index is 2.18. The number of nitrogens with zero attached hydrogens (tertiary/aromatic N) is 2. The van der Waals surface area contributed by atoms with Crippen LogP contribution in [0.4, 0.5) is 5.69 Å². The first-order chi connectivity index (χ1) is 11.4. The highest BCUT2D eigenvalue weighted by molar-refractivity contribution is 6.36. The summed E-state index contributed by atoms with van der Waals surface area (Å²) >= 11 is 11.8. The zero-order valence-corrected chi connectivity index (χ0v) is 13.8. The van der Waals surface area contributed by atoms with Gasteiger partial charge in [0, 0.05) is 22.7 Å². The molecule has 1 N–H and O–H groups in total. The molecule has 0 saturated heterocycles. The highest BCUT2D eigenvalue weighted by Gasteiger charge is 2.17. The number of hydrazone groups is 1. The number of nitro benzene ring substituents is 1. The lowest BCUT2D eigenvalue weighted by Gasteiger charge is -2.06. The van der Waals surface area contributed by atoms with Gasteiger partial charge in [0.2, 0.25) is 0 Å². The summed E-state index contributed by atoms with van der Waals surface area (Å²) in [6.07, 6.45) is 1.33. The number of carbonyl (C=O) groups excluding carboxylic acids is 1. The van der Waals surface area contributed by atoms with Crippen LogP contribution in [0.2, 0.25) is 10.0 Å². The van der Waals surface area contributed by atoms with Crippen molar-refractivity contribution < 1.29 is 14.5 Å². The number of ether oxygens (including phenoxy) is 1. The summed E-state index contributed by atoms with van der Waals surface area (Å²) < 4.78 is 5.03. The number of methoxy groups -OCH3 is 1. The molecular weight excluding hydrogens is 357 g/mol. The molecule has 124 valence electrons. The van der Waals surface area contributed by atoms with E-state index in [0.717, 1.165) is 6.07 Å². The van der Waals surface area contributed by atoms with Crippen LogP contribution in [0.15, 0.2) is 41.5 Å². The van der Waals surface area contributed by atoms with Crippen molar-refractivity contribution in [1.29, 1.82) is 0 Å². The molecule has 2 aromatic carbocycles. The van der Waals surface area contributed by atoms with Gasteiger partial charge in [-0.15, -0.1) is 0 Å². The summed E-state index contributed by atoms with van der Waals surface area (Å²) in [5, 5.41) is 15.4. The van der Waals surface area contributed by atoms with Gasteiger partial charge in [-0.2, -0.15) is 5.10 Å². The number of benzene rings is 2. The molecule has 1 amide bonds. The molecule has 0 saturated carbocycles. The van der Waals surface area contributed by atoms with Gasteiger partial charge in [0.05, 0.1) is 28.8 Å². The van der Waals surface area contributed by atoms with Crippen LogP contribution in [-0.2, 0) is 0 Å². The Morgan fingerprint density at radius 3 is 2.67 bits per heavy atom. The van der Waals surface area contributed by atoms with Gasteiger partial charge < -0.3 is 4.74 Å². The third kappa shape index (κ3) is 4.21. The molecule has 0 aliphatic carbocycles. The first-order valence-electron chi connectivity index (χ1n) is 6.53. The van der Waals surface area contributed by atoms with Crippen LogP contribution in [0.3, 0.4) is 0 Å². The van der Waals surface area contributed by atoms with Gasteiger partial charge in [0.25, 0.3) is 11.6 Å². The number of hydrogen-bond acceptors (Lipinski definition) is 5. The van der Waals surface area contributed by atoms with Gasteiger partial charge in [-0.3, -0.25) is 14.9 Å². The minimum atomic E-state index is -0.656. The van der Waals surface area contributed by atoms with E-state index in [2.05, 4.69) is 10.5 Å². The van der Waals surface area contributed by atoms with E-state index >= 15 is 0 Å². The van der Waals surface area contributed by atoms with Crippen LogP contribution >= 0.6 is 23.2 Å². The maximum Gasteiger partial charge on any atom is 0.275 e. The molecule has 2 rings (SSSR count). The number of hydrogen-bond donors (Lipinski definition) is 1. The van der Waals surface area contributed by atoms with E-state index in [0.29, 0.717) is 15.6 Å². The minimum Gasteiger partial charge on any atom is -0.496 e. The van der Waals surface area contributed by atoms with Gasteiger partial charge in [-0.25, -0.2) is 5.43 Å². The number of carbonyl (C=O) groups is 1. The summed E-state index contributed by atoms with van der Waals surface area (Å²) in [5.74, 6) is -0.463. The van der Waals surface area contributed by atoms with E-state index in [1.807, 2.05) is 0 Å². The second kappa shape index (κ2) is 7.76. The molecule has 0 unspecified atom stereocenters. The normalized spacial score (nSPS) is 10.6. The Kier molecular flexibility index (Phi) is 5.73. The van der Waals surface area contributed by atoms with Gasteiger partial charge in [-0.1, -0.05) is 29.3 Å². The van der Waals surface area contributed by atoms with E-state index in [1.54, 1.807) is 12.1 Å². The standard InChI is InChI=1S/C15H11Cl2N3O4/c1-24-14-5-4-11(20(22)23)7-12(14)15(21)19-18-8-9-2-3-10(16)6-13(9)17/h2-8H,1H3,(H,19,21). The SMILES string of the molecule is COc1ccc([N+](=O)[O-])cc1C(=O)NN=Cc1ccc(Cl)cc1Cl. The maximum atomic E-state index is 12.1. The summed E-state index contributed by atoms with van der Waals surface area (Å²) in [4.78, 5) is 22.4. The highest BCUT2D eigenvalue weighted by Crippen LogP contribution is 2.24. The predicted octanol–water partition coefficient (Wildman–Crippen LogP) is 3.67. The average molecular weight is 368 g/mol. The lowest BCUT2D eigenvalue weighted by atomic mass is 10.1. The zero-order chi connectivity index (χ0) is 17.7. The third-order valence-electron chi connectivity index (χ3n) is 2.97. The van der Waals surface area contributed by atoms with Gasteiger partial charge >= 0.3 is 0 Å². The third-order valence-corrected chi connectivity index (χ3v) is 3.53. The molecule has 0 bridgehead atoms. The Bertz CT molecular complexity index is 824. The van der Waals surface area contributed by atoms with Crippen LogP contribution in [0.1, 0.15) is 15.9 Å². The fraction of sp³-hybridized carbons (Fsp3) is 0.0667. The second-order valence-electron chi connectivity index (χ2n) is 4.51. The predicted molar refractivity (Wildman–Crippen MR) is 91.2 cm³/mol. The van der Waals surface area contributed by atoms with Crippen LogP contribution in [0.25, 0.3) is 0 Å². The molecule has 0 atom stereocenters. The lowest BCUT2D eigenvalue weighted by molar-refractivity contribution is -0.384. The lowest BCUT2D eigenvalue weighted by Crippen LogP contribution is -2.18. The fourth-order valence-electron chi connectivity index (χ4n) is 1.81. The van der Waals surface area contributed by atoms with Gasteiger partial charge in [-0.05, 0) is 18.2 Å². The second-order valence-corrected chi connectivity index (χ2v) is 5.35. The molecule has 0 spiro atoms. The van der Waals surface area contributed by atoms with Crippen molar-refractivity contribution >= 4 is 41.0 Å². The average Bonchev–Trinajstić information content (AvgIpc) is 2.56. The molecule has 0 aliphatic heterocycles. The molecule has 0 aliphatic rings. The molecular formula is C15H11Cl2N3O4. The Labute approximate surface area is 147 Å². The van der Waals surface area contributed by atoms with Crippen molar-refractivity contribution in [3.8, 4) is 5.75 Å². The van der Waals surface area contributed by atoms with Crippen molar-refractivity contribution in [3.05, 3.63) is 67.7 Å². The summed E-state index contributed by atoms with van der Waals surface area (Å²) in [6, 6.07) is 8.49. The quantitative estimate of drug-likeness (QED) is 0.495. The molecule has 0 fully saturated rings. The van der Waals surface area contributed by atoms with Gasteiger partial charge in [0.15, 0.2) is 0 Å². The topological polar surface area (TPSA) is 93.8 Å². The number of amides is 1. The monoisotopic (exact) mass is 367 g/mol. The number of non-ortho nitro benzene ring substituents is 1. The minimum absolute atomic E-state index is 0.00828. The molecule has 2 aromatic rings. The van der Waals surface area contributed by atoms with Crippen molar-refractivity contribution in [2.24, 2.45) is 5.10 Å². The molecule has 0 heterocycles. The number of nitro groups is 1. The van der Waals surface area contributed by atoms with Gasteiger partial charge in [0.1, 0.15) is 5.75 Å². The van der Waals surface area contributed by atoms with E-state index in [1.165, 1.54) is 31.5 Å².